The molecule has 5 heteroatoms. The van der Waals surface area contributed by atoms with Crippen molar-refractivity contribution in [1.29, 1.82) is 0 Å². The summed E-state index contributed by atoms with van der Waals surface area (Å²) in [5.41, 5.74) is 1.31. The van der Waals surface area contributed by atoms with Gasteiger partial charge in [0.25, 0.3) is 0 Å². The second kappa shape index (κ2) is 9.83. The fraction of sp³-hybridized carbons (Fsp3) is 0.611. The van der Waals surface area contributed by atoms with Gasteiger partial charge in [0, 0.05) is 43.3 Å². The number of hydrogen-bond donors (Lipinski definition) is 1. The number of aliphatic imine (C=N–C) groups is 1. The predicted octanol–water partition coefficient (Wildman–Crippen LogP) is 3.02. The molecule has 0 spiro atoms. The lowest BCUT2D eigenvalue weighted by Crippen LogP contribution is -2.40. The van der Waals surface area contributed by atoms with Gasteiger partial charge in [-0.3, -0.25) is 4.99 Å². The Morgan fingerprint density at radius 2 is 2.17 bits per heavy atom. The van der Waals surface area contributed by atoms with Crippen LogP contribution in [0.25, 0.3) is 0 Å². The Kier molecular flexibility index (Phi) is 7.76. The molecule has 0 saturated carbocycles. The lowest BCUT2D eigenvalue weighted by atomic mass is 10.1. The number of rotatable bonds is 7. The van der Waals surface area contributed by atoms with E-state index in [0.717, 1.165) is 44.5 Å². The molecule has 0 aliphatic carbocycles. The summed E-state index contributed by atoms with van der Waals surface area (Å²) in [6, 6.07) is 8.70. The normalized spacial score (nSPS) is 18.5. The standard InChI is InChI=1S/C18H29N3OS/c1-4-19-18(21-11-9-16(13-21)14-22-3)20-10-12-23-17-7-5-15(2)6-8-17/h5-8,16H,4,9-14H2,1-3H3,(H,19,20). The first-order chi connectivity index (χ1) is 11.2. The van der Waals surface area contributed by atoms with Crippen LogP contribution >= 0.6 is 11.8 Å². The minimum absolute atomic E-state index is 0.630. The molecule has 128 valence electrons. The molecule has 1 atom stereocenters. The summed E-state index contributed by atoms with van der Waals surface area (Å²) >= 11 is 1.87. The zero-order valence-electron chi connectivity index (χ0n) is 14.5. The van der Waals surface area contributed by atoms with Crippen molar-refractivity contribution in [3.8, 4) is 0 Å². The summed E-state index contributed by atoms with van der Waals surface area (Å²) < 4.78 is 5.28. The second-order valence-electron chi connectivity index (χ2n) is 5.95. The van der Waals surface area contributed by atoms with Crippen molar-refractivity contribution in [1.82, 2.24) is 10.2 Å². The van der Waals surface area contributed by atoms with E-state index in [1.807, 2.05) is 11.8 Å². The van der Waals surface area contributed by atoms with Crippen LogP contribution in [0.4, 0.5) is 0 Å². The van der Waals surface area contributed by atoms with Crippen molar-refractivity contribution < 1.29 is 4.74 Å². The molecule has 0 radical (unpaired) electrons. The number of nitrogens with one attached hydrogen (secondary N) is 1. The predicted molar refractivity (Wildman–Crippen MR) is 99.4 cm³/mol. The Morgan fingerprint density at radius 1 is 1.39 bits per heavy atom. The van der Waals surface area contributed by atoms with Crippen LogP contribution in [0.3, 0.4) is 0 Å². The molecule has 1 heterocycles. The van der Waals surface area contributed by atoms with E-state index in [2.05, 4.69) is 48.3 Å². The number of likely N-dealkylation sites (tertiary alicyclic amines) is 1. The van der Waals surface area contributed by atoms with Gasteiger partial charge in [0.1, 0.15) is 0 Å². The topological polar surface area (TPSA) is 36.9 Å². The molecule has 1 N–H and O–H groups in total. The van der Waals surface area contributed by atoms with Gasteiger partial charge in [0.15, 0.2) is 5.96 Å². The minimum Gasteiger partial charge on any atom is -0.384 e. The van der Waals surface area contributed by atoms with E-state index in [4.69, 9.17) is 9.73 Å². The SMILES string of the molecule is CCNC(=NCCSc1ccc(C)cc1)N1CCC(COC)C1. The number of nitrogens with zero attached hydrogens (tertiary/aromatic N) is 2. The van der Waals surface area contributed by atoms with Gasteiger partial charge in [0.2, 0.25) is 0 Å². The number of guanidine groups is 1. The van der Waals surface area contributed by atoms with E-state index < -0.39 is 0 Å². The molecule has 1 saturated heterocycles. The maximum atomic E-state index is 5.28. The zero-order chi connectivity index (χ0) is 16.5. The van der Waals surface area contributed by atoms with Crippen LogP contribution in [-0.4, -0.2) is 56.5 Å². The largest absolute Gasteiger partial charge is 0.384 e. The van der Waals surface area contributed by atoms with E-state index in [-0.39, 0.29) is 0 Å². The fourth-order valence-electron chi connectivity index (χ4n) is 2.77. The van der Waals surface area contributed by atoms with Crippen molar-refractivity contribution in [3.63, 3.8) is 0 Å². The molecule has 2 rings (SSSR count). The highest BCUT2D eigenvalue weighted by Crippen LogP contribution is 2.19. The molecule has 0 bridgehead atoms. The highest BCUT2D eigenvalue weighted by molar-refractivity contribution is 7.99. The molecule has 1 aromatic carbocycles. The van der Waals surface area contributed by atoms with Crippen molar-refractivity contribution >= 4 is 17.7 Å². The molecular weight excluding hydrogens is 306 g/mol. The third-order valence-electron chi connectivity index (χ3n) is 3.97. The number of thioether (sulfide) groups is 1. The number of aryl methyl sites for hydroxylation is 1. The van der Waals surface area contributed by atoms with E-state index in [9.17, 15) is 0 Å². The summed E-state index contributed by atoms with van der Waals surface area (Å²) in [5, 5.41) is 3.42. The van der Waals surface area contributed by atoms with Crippen molar-refractivity contribution in [2.45, 2.75) is 25.2 Å². The zero-order valence-corrected chi connectivity index (χ0v) is 15.4. The summed E-state index contributed by atoms with van der Waals surface area (Å²) in [4.78, 5) is 8.47. The molecular formula is C18H29N3OS. The first kappa shape index (κ1) is 18.1. The lowest BCUT2D eigenvalue weighted by molar-refractivity contribution is 0.157. The fourth-order valence-corrected chi connectivity index (χ4v) is 3.52. The number of hydrogen-bond acceptors (Lipinski definition) is 3. The molecule has 1 fully saturated rings. The van der Waals surface area contributed by atoms with Gasteiger partial charge in [-0.15, -0.1) is 11.8 Å². The van der Waals surface area contributed by atoms with Crippen molar-refractivity contribution in [2.75, 3.05) is 45.6 Å². The first-order valence-electron chi connectivity index (χ1n) is 8.44. The van der Waals surface area contributed by atoms with Gasteiger partial charge in [-0.1, -0.05) is 17.7 Å². The molecule has 0 amide bonds. The quantitative estimate of drug-likeness (QED) is 0.360. The molecule has 23 heavy (non-hydrogen) atoms. The Balaban J connectivity index is 1.80. The molecule has 1 aromatic rings. The van der Waals surface area contributed by atoms with Crippen LogP contribution in [-0.2, 0) is 4.74 Å². The monoisotopic (exact) mass is 335 g/mol. The van der Waals surface area contributed by atoms with Crippen LogP contribution in [0.5, 0.6) is 0 Å². The number of benzene rings is 1. The van der Waals surface area contributed by atoms with Gasteiger partial charge in [-0.25, -0.2) is 0 Å². The van der Waals surface area contributed by atoms with Gasteiger partial charge in [-0.2, -0.15) is 0 Å². The van der Waals surface area contributed by atoms with Gasteiger partial charge < -0.3 is 15.0 Å². The van der Waals surface area contributed by atoms with Crippen molar-refractivity contribution in [2.24, 2.45) is 10.9 Å². The number of ether oxygens (including phenoxy) is 1. The molecule has 1 aliphatic heterocycles. The summed E-state index contributed by atoms with van der Waals surface area (Å²) in [6.45, 7) is 8.96. The van der Waals surface area contributed by atoms with Crippen LogP contribution in [0, 0.1) is 12.8 Å². The average Bonchev–Trinajstić information content (AvgIpc) is 3.01. The highest BCUT2D eigenvalue weighted by atomic mass is 32.2. The first-order valence-corrected chi connectivity index (χ1v) is 9.43. The maximum absolute atomic E-state index is 5.28. The highest BCUT2D eigenvalue weighted by Gasteiger charge is 2.24. The van der Waals surface area contributed by atoms with E-state index in [1.54, 1.807) is 7.11 Å². The Bertz CT molecular complexity index is 490. The van der Waals surface area contributed by atoms with Gasteiger partial charge in [-0.05, 0) is 32.4 Å². The smallest absolute Gasteiger partial charge is 0.193 e. The average molecular weight is 336 g/mol. The lowest BCUT2D eigenvalue weighted by Gasteiger charge is -2.21. The van der Waals surface area contributed by atoms with Crippen LogP contribution < -0.4 is 5.32 Å². The van der Waals surface area contributed by atoms with E-state index >= 15 is 0 Å². The Labute approximate surface area is 144 Å². The summed E-state index contributed by atoms with van der Waals surface area (Å²) in [7, 11) is 1.78. The number of methoxy groups -OCH3 is 1. The summed E-state index contributed by atoms with van der Waals surface area (Å²) in [6.07, 6.45) is 1.19. The van der Waals surface area contributed by atoms with E-state index in [0.29, 0.717) is 5.92 Å². The van der Waals surface area contributed by atoms with Crippen LogP contribution in [0.2, 0.25) is 0 Å². The molecule has 4 nitrogen and oxygen atoms in total. The molecule has 1 unspecified atom stereocenters. The summed E-state index contributed by atoms with van der Waals surface area (Å²) in [5.74, 6) is 2.69. The van der Waals surface area contributed by atoms with E-state index in [1.165, 1.54) is 16.9 Å². The Hall–Kier alpha value is -1.20. The molecule has 0 aromatic heterocycles. The third-order valence-corrected chi connectivity index (χ3v) is 4.96. The molecule has 1 aliphatic rings. The minimum atomic E-state index is 0.630. The third kappa shape index (κ3) is 6.07. The van der Waals surface area contributed by atoms with Crippen LogP contribution in [0.15, 0.2) is 34.2 Å². The second-order valence-corrected chi connectivity index (χ2v) is 7.12. The van der Waals surface area contributed by atoms with Gasteiger partial charge in [0.05, 0.1) is 13.2 Å². The van der Waals surface area contributed by atoms with Gasteiger partial charge >= 0.3 is 0 Å². The van der Waals surface area contributed by atoms with Crippen LogP contribution in [0.1, 0.15) is 18.9 Å². The van der Waals surface area contributed by atoms with Crippen molar-refractivity contribution in [3.05, 3.63) is 29.8 Å². The Morgan fingerprint density at radius 3 is 2.87 bits per heavy atom. The maximum Gasteiger partial charge on any atom is 0.193 e.